The highest BCUT2D eigenvalue weighted by Gasteiger charge is 2.27. The third kappa shape index (κ3) is 2.47. The van der Waals surface area contributed by atoms with Gasteiger partial charge in [-0.3, -0.25) is 4.90 Å². The zero-order chi connectivity index (χ0) is 12.4. The van der Waals surface area contributed by atoms with Crippen molar-refractivity contribution in [2.45, 2.75) is 51.0 Å². The normalized spacial score (nSPS) is 25.9. The van der Waals surface area contributed by atoms with E-state index < -0.39 is 0 Å². The van der Waals surface area contributed by atoms with Crippen LogP contribution in [0.15, 0.2) is 24.3 Å². The van der Waals surface area contributed by atoms with Crippen LogP contribution in [0, 0.1) is 5.92 Å². The lowest BCUT2D eigenvalue weighted by Gasteiger charge is -2.37. The molecule has 1 aromatic rings. The summed E-state index contributed by atoms with van der Waals surface area (Å²) in [5.41, 5.74) is 3.20. The molecule has 1 atom stereocenters. The molecule has 1 heteroatoms. The van der Waals surface area contributed by atoms with E-state index in [1.165, 1.54) is 51.5 Å². The molecule has 0 bridgehead atoms. The number of nitrogens with zero attached hydrogens (tertiary/aromatic N) is 1. The van der Waals surface area contributed by atoms with Crippen molar-refractivity contribution in [3.05, 3.63) is 35.4 Å². The summed E-state index contributed by atoms with van der Waals surface area (Å²) in [6, 6.07) is 9.78. The van der Waals surface area contributed by atoms with E-state index in [0.717, 1.165) is 5.92 Å². The number of hydrogen-bond donors (Lipinski definition) is 0. The highest BCUT2D eigenvalue weighted by atomic mass is 15.1. The van der Waals surface area contributed by atoms with Gasteiger partial charge in [-0.05, 0) is 36.9 Å². The van der Waals surface area contributed by atoms with Crippen LogP contribution in [0.5, 0.6) is 0 Å². The van der Waals surface area contributed by atoms with Crippen molar-refractivity contribution in [1.29, 1.82) is 0 Å². The highest BCUT2D eigenvalue weighted by Crippen LogP contribution is 2.37. The van der Waals surface area contributed by atoms with Crippen LogP contribution in [-0.2, 0) is 6.42 Å². The minimum atomic E-state index is 0.679. The lowest BCUT2D eigenvalue weighted by atomic mass is 9.81. The zero-order valence-electron chi connectivity index (χ0n) is 11.6. The van der Waals surface area contributed by atoms with Crippen molar-refractivity contribution in [1.82, 2.24) is 4.90 Å². The molecule has 98 valence electrons. The first-order valence-corrected chi connectivity index (χ1v) is 7.62. The molecule has 1 saturated carbocycles. The Hall–Kier alpha value is -0.820. The Bertz CT molecular complexity index is 392. The Morgan fingerprint density at radius 1 is 1.11 bits per heavy atom. The van der Waals surface area contributed by atoms with Gasteiger partial charge in [-0.15, -0.1) is 0 Å². The molecule has 18 heavy (non-hydrogen) atoms. The quantitative estimate of drug-likeness (QED) is 0.753. The van der Waals surface area contributed by atoms with Gasteiger partial charge in [0, 0.05) is 12.6 Å². The molecular formula is C17H25N. The standard InChI is InChI=1S/C17H25N/c1-18-12-11-15-9-5-6-10-16(15)17(18)13-14-7-3-2-4-8-14/h5-6,9-10,14,17H,2-4,7-8,11-13H2,1H3. The summed E-state index contributed by atoms with van der Waals surface area (Å²) in [6.07, 6.45) is 9.93. The third-order valence-electron chi connectivity index (χ3n) is 4.96. The van der Waals surface area contributed by atoms with Gasteiger partial charge in [0.1, 0.15) is 0 Å². The fourth-order valence-corrected chi connectivity index (χ4v) is 3.82. The van der Waals surface area contributed by atoms with E-state index in [1.54, 1.807) is 11.1 Å². The predicted molar refractivity (Wildman–Crippen MR) is 76.7 cm³/mol. The van der Waals surface area contributed by atoms with E-state index in [1.807, 2.05) is 0 Å². The van der Waals surface area contributed by atoms with Crippen molar-refractivity contribution in [3.8, 4) is 0 Å². The van der Waals surface area contributed by atoms with Gasteiger partial charge in [-0.2, -0.15) is 0 Å². The summed E-state index contributed by atoms with van der Waals surface area (Å²) in [5, 5.41) is 0. The van der Waals surface area contributed by atoms with E-state index in [0.29, 0.717) is 6.04 Å². The Morgan fingerprint density at radius 3 is 2.72 bits per heavy atom. The second kappa shape index (κ2) is 5.44. The van der Waals surface area contributed by atoms with Crippen LogP contribution in [0.2, 0.25) is 0 Å². The molecule has 0 spiro atoms. The molecule has 1 aromatic carbocycles. The molecule has 1 aliphatic heterocycles. The molecule has 1 unspecified atom stereocenters. The van der Waals surface area contributed by atoms with Crippen molar-refractivity contribution in [3.63, 3.8) is 0 Å². The second-order valence-corrected chi connectivity index (χ2v) is 6.18. The van der Waals surface area contributed by atoms with Gasteiger partial charge in [0.25, 0.3) is 0 Å². The Morgan fingerprint density at radius 2 is 1.89 bits per heavy atom. The van der Waals surface area contributed by atoms with Gasteiger partial charge >= 0.3 is 0 Å². The van der Waals surface area contributed by atoms with E-state index in [9.17, 15) is 0 Å². The lowest BCUT2D eigenvalue weighted by molar-refractivity contribution is 0.178. The first-order chi connectivity index (χ1) is 8.84. The SMILES string of the molecule is CN1CCc2ccccc2C1CC1CCCCC1. The third-order valence-corrected chi connectivity index (χ3v) is 4.96. The van der Waals surface area contributed by atoms with E-state index in [4.69, 9.17) is 0 Å². The smallest absolute Gasteiger partial charge is 0.0350 e. The molecule has 3 rings (SSSR count). The summed E-state index contributed by atoms with van der Waals surface area (Å²) in [5.74, 6) is 0.970. The summed E-state index contributed by atoms with van der Waals surface area (Å²) in [4.78, 5) is 2.58. The van der Waals surface area contributed by atoms with E-state index >= 15 is 0 Å². The van der Waals surface area contributed by atoms with Gasteiger partial charge < -0.3 is 0 Å². The van der Waals surface area contributed by atoms with Crippen molar-refractivity contribution in [2.24, 2.45) is 5.92 Å². The monoisotopic (exact) mass is 243 g/mol. The van der Waals surface area contributed by atoms with Crippen LogP contribution in [0.1, 0.15) is 55.7 Å². The topological polar surface area (TPSA) is 3.24 Å². The molecule has 0 amide bonds. The lowest BCUT2D eigenvalue weighted by Crippen LogP contribution is -2.33. The molecule has 1 aliphatic carbocycles. The van der Waals surface area contributed by atoms with Crippen LogP contribution in [-0.4, -0.2) is 18.5 Å². The molecule has 0 radical (unpaired) electrons. The molecule has 0 saturated heterocycles. The maximum absolute atomic E-state index is 2.58. The van der Waals surface area contributed by atoms with Gasteiger partial charge in [-0.25, -0.2) is 0 Å². The second-order valence-electron chi connectivity index (χ2n) is 6.18. The van der Waals surface area contributed by atoms with Gasteiger partial charge in [0.2, 0.25) is 0 Å². The number of fused-ring (bicyclic) bond motifs is 1. The van der Waals surface area contributed by atoms with Crippen LogP contribution in [0.25, 0.3) is 0 Å². The first kappa shape index (κ1) is 12.2. The maximum atomic E-state index is 2.58. The van der Waals surface area contributed by atoms with Crippen molar-refractivity contribution < 1.29 is 0 Å². The molecule has 1 fully saturated rings. The Labute approximate surface area is 111 Å². The average molecular weight is 243 g/mol. The number of likely N-dealkylation sites (N-methyl/N-ethyl adjacent to an activating group) is 1. The molecule has 0 aromatic heterocycles. The van der Waals surface area contributed by atoms with E-state index in [-0.39, 0.29) is 0 Å². The Kier molecular flexibility index (Phi) is 3.69. The fourth-order valence-electron chi connectivity index (χ4n) is 3.82. The van der Waals surface area contributed by atoms with Gasteiger partial charge in [0.15, 0.2) is 0 Å². The van der Waals surface area contributed by atoms with Crippen LogP contribution in [0.3, 0.4) is 0 Å². The molecule has 1 heterocycles. The Balaban J connectivity index is 1.77. The summed E-state index contributed by atoms with van der Waals surface area (Å²) in [6.45, 7) is 1.23. The summed E-state index contributed by atoms with van der Waals surface area (Å²) < 4.78 is 0. The average Bonchev–Trinajstić information content (AvgIpc) is 2.43. The van der Waals surface area contributed by atoms with Crippen molar-refractivity contribution in [2.75, 3.05) is 13.6 Å². The fraction of sp³-hybridized carbons (Fsp3) is 0.647. The molecule has 1 nitrogen and oxygen atoms in total. The van der Waals surface area contributed by atoms with Gasteiger partial charge in [0.05, 0.1) is 0 Å². The van der Waals surface area contributed by atoms with Crippen LogP contribution >= 0.6 is 0 Å². The number of benzene rings is 1. The summed E-state index contributed by atoms with van der Waals surface area (Å²) >= 11 is 0. The molecular weight excluding hydrogens is 218 g/mol. The first-order valence-electron chi connectivity index (χ1n) is 7.62. The number of hydrogen-bond acceptors (Lipinski definition) is 1. The molecule has 0 N–H and O–H groups in total. The zero-order valence-corrected chi connectivity index (χ0v) is 11.6. The minimum absolute atomic E-state index is 0.679. The predicted octanol–water partition coefficient (Wildman–Crippen LogP) is 4.19. The largest absolute Gasteiger partial charge is 0.299 e. The van der Waals surface area contributed by atoms with Crippen molar-refractivity contribution >= 4 is 0 Å². The number of rotatable bonds is 2. The van der Waals surface area contributed by atoms with Crippen LogP contribution in [0.4, 0.5) is 0 Å². The highest BCUT2D eigenvalue weighted by molar-refractivity contribution is 5.32. The molecule has 2 aliphatic rings. The summed E-state index contributed by atoms with van der Waals surface area (Å²) in [7, 11) is 2.31. The maximum Gasteiger partial charge on any atom is 0.0350 e. The van der Waals surface area contributed by atoms with Gasteiger partial charge in [-0.1, -0.05) is 56.4 Å². The van der Waals surface area contributed by atoms with E-state index in [2.05, 4.69) is 36.2 Å². The minimum Gasteiger partial charge on any atom is -0.299 e. The van der Waals surface area contributed by atoms with Crippen LogP contribution < -0.4 is 0 Å².